The highest BCUT2D eigenvalue weighted by atomic mass is 19.1. The van der Waals surface area contributed by atoms with E-state index in [1.165, 1.54) is 24.3 Å². The number of aliphatic carboxylic acids is 1. The van der Waals surface area contributed by atoms with Crippen molar-refractivity contribution < 1.29 is 28.3 Å². The van der Waals surface area contributed by atoms with Gasteiger partial charge in [-0.2, -0.15) is 0 Å². The molecule has 0 unspecified atom stereocenters. The number of rotatable bonds is 5. The third kappa shape index (κ3) is 4.68. The fourth-order valence-corrected chi connectivity index (χ4v) is 3.17. The number of carboxylic acids is 1. The Balaban J connectivity index is 2.06. The van der Waals surface area contributed by atoms with Gasteiger partial charge < -0.3 is 10.0 Å². The summed E-state index contributed by atoms with van der Waals surface area (Å²) in [5.41, 5.74) is -0.394. The molecule has 5 nitrogen and oxygen atoms in total. The molecule has 1 saturated heterocycles. The molecule has 1 amide bonds. The molecule has 1 aliphatic heterocycles. The number of nitrogens with zero attached hydrogens (tertiary/aromatic N) is 1. The first-order valence-corrected chi connectivity index (χ1v) is 9.31. The van der Waals surface area contributed by atoms with Crippen LogP contribution in [0.15, 0.2) is 71.8 Å². The zero-order valence-corrected chi connectivity index (χ0v) is 16.0. The highest BCUT2D eigenvalue weighted by Crippen LogP contribution is 2.32. The van der Waals surface area contributed by atoms with Crippen LogP contribution in [0.5, 0.6) is 0 Å². The Hall–Kier alpha value is -3.61. The average Bonchev–Trinajstić information content (AvgIpc) is 2.77. The molecule has 1 aliphatic rings. The van der Waals surface area contributed by atoms with Gasteiger partial charge in [-0.05, 0) is 0 Å². The molecule has 0 radical (unpaired) electrons. The number of Topliss-reactive ketones (excluding diaryl/α,β-unsaturated/α-hetero) is 1. The number of carbonyl (C=O) groups is 3. The molecule has 0 aliphatic carbocycles. The van der Waals surface area contributed by atoms with Crippen LogP contribution >= 0.6 is 0 Å². The topological polar surface area (TPSA) is 74.7 Å². The number of likely N-dealkylation sites (tertiary alicyclic amines) is 1. The second-order valence-electron chi connectivity index (χ2n) is 6.79. The molecule has 1 fully saturated rings. The lowest BCUT2D eigenvalue weighted by molar-refractivity contribution is -0.141. The van der Waals surface area contributed by atoms with Gasteiger partial charge in [0.25, 0.3) is 0 Å². The predicted molar refractivity (Wildman–Crippen MR) is 107 cm³/mol. The lowest BCUT2D eigenvalue weighted by Crippen LogP contribution is -2.42. The fourth-order valence-electron chi connectivity index (χ4n) is 3.17. The molecule has 0 atom stereocenters. The number of amides is 1. The van der Waals surface area contributed by atoms with E-state index in [2.05, 4.69) is 0 Å². The molecule has 0 saturated carbocycles. The quantitative estimate of drug-likeness (QED) is 0.754. The van der Waals surface area contributed by atoms with Crippen LogP contribution < -0.4 is 0 Å². The van der Waals surface area contributed by atoms with E-state index in [-0.39, 0.29) is 41.8 Å². The first-order chi connectivity index (χ1) is 14.4. The number of ketones is 1. The summed E-state index contributed by atoms with van der Waals surface area (Å²) in [4.78, 5) is 37.3. The third-order valence-corrected chi connectivity index (χ3v) is 4.74. The number of carboxylic acid groups (broad SMARTS) is 1. The smallest absolute Gasteiger partial charge is 0.303 e. The van der Waals surface area contributed by atoms with Gasteiger partial charge in [0.2, 0.25) is 5.91 Å². The monoisotopic (exact) mass is 411 g/mol. The summed E-state index contributed by atoms with van der Waals surface area (Å²) in [6.45, 7) is -0.715. The second-order valence-corrected chi connectivity index (χ2v) is 6.79. The number of hydrogen-bond donors (Lipinski definition) is 1. The maximum atomic E-state index is 15.1. The highest BCUT2D eigenvalue weighted by Gasteiger charge is 2.34. The van der Waals surface area contributed by atoms with Crippen molar-refractivity contribution in [3.63, 3.8) is 0 Å². The summed E-state index contributed by atoms with van der Waals surface area (Å²) >= 11 is 0. The van der Waals surface area contributed by atoms with E-state index in [0.29, 0.717) is 0 Å². The van der Waals surface area contributed by atoms with Crippen LogP contribution in [-0.2, 0) is 14.4 Å². The van der Waals surface area contributed by atoms with E-state index in [0.717, 1.165) is 4.90 Å². The molecular formula is C23H19F2NO4. The van der Waals surface area contributed by atoms with Crippen LogP contribution in [-0.4, -0.2) is 40.8 Å². The van der Waals surface area contributed by atoms with E-state index in [1.54, 1.807) is 36.4 Å². The number of benzene rings is 2. The van der Waals surface area contributed by atoms with Gasteiger partial charge in [-0.1, -0.05) is 60.7 Å². The van der Waals surface area contributed by atoms with Crippen LogP contribution in [0.4, 0.5) is 8.78 Å². The first kappa shape index (κ1) is 21.1. The van der Waals surface area contributed by atoms with Gasteiger partial charge in [0.05, 0.1) is 30.7 Å². The molecular weight excluding hydrogens is 392 g/mol. The number of piperidine rings is 1. The Kier molecular flexibility index (Phi) is 6.51. The van der Waals surface area contributed by atoms with E-state index in [9.17, 15) is 14.4 Å². The summed E-state index contributed by atoms with van der Waals surface area (Å²) in [5, 5.41) is 8.82. The van der Waals surface area contributed by atoms with Crippen molar-refractivity contribution in [2.24, 2.45) is 0 Å². The van der Waals surface area contributed by atoms with Gasteiger partial charge in [-0.15, -0.1) is 0 Å². The van der Waals surface area contributed by atoms with Crippen molar-refractivity contribution in [2.75, 3.05) is 13.1 Å². The Labute approximate surface area is 171 Å². The molecule has 0 bridgehead atoms. The molecule has 0 aromatic heterocycles. The lowest BCUT2D eigenvalue weighted by Gasteiger charge is -2.30. The minimum absolute atomic E-state index is 0.139. The lowest BCUT2D eigenvalue weighted by atomic mass is 9.92. The van der Waals surface area contributed by atoms with Crippen molar-refractivity contribution in [2.45, 2.75) is 12.8 Å². The summed E-state index contributed by atoms with van der Waals surface area (Å²) in [7, 11) is 0. The minimum Gasteiger partial charge on any atom is -0.481 e. The van der Waals surface area contributed by atoms with Crippen LogP contribution in [0.3, 0.4) is 0 Å². The molecule has 0 spiro atoms. The van der Waals surface area contributed by atoms with Crippen molar-refractivity contribution in [1.82, 2.24) is 4.90 Å². The van der Waals surface area contributed by atoms with E-state index < -0.39 is 35.7 Å². The van der Waals surface area contributed by atoms with E-state index >= 15 is 8.78 Å². The summed E-state index contributed by atoms with van der Waals surface area (Å²) in [6.07, 6.45) is -0.742. The van der Waals surface area contributed by atoms with Gasteiger partial charge in [-0.3, -0.25) is 14.4 Å². The molecule has 1 N–H and O–H groups in total. The first-order valence-electron chi connectivity index (χ1n) is 9.31. The van der Waals surface area contributed by atoms with E-state index in [1.807, 2.05) is 0 Å². The second kappa shape index (κ2) is 9.26. The van der Waals surface area contributed by atoms with Gasteiger partial charge in [-0.25, -0.2) is 8.78 Å². The molecule has 3 rings (SSSR count). The van der Waals surface area contributed by atoms with Crippen molar-refractivity contribution >= 4 is 29.3 Å². The average molecular weight is 411 g/mol. The van der Waals surface area contributed by atoms with Gasteiger partial charge >= 0.3 is 5.97 Å². The number of halogens is 2. The van der Waals surface area contributed by atoms with Crippen LogP contribution in [0.2, 0.25) is 0 Å². The summed E-state index contributed by atoms with van der Waals surface area (Å²) in [5.74, 6) is -4.24. The molecule has 7 heteroatoms. The molecule has 2 aromatic carbocycles. The maximum absolute atomic E-state index is 15.1. The number of hydrogen-bond acceptors (Lipinski definition) is 3. The minimum atomic E-state index is -1.16. The summed E-state index contributed by atoms with van der Waals surface area (Å²) < 4.78 is 30.3. The Morgan fingerprint density at radius 1 is 0.800 bits per heavy atom. The molecule has 1 heterocycles. The van der Waals surface area contributed by atoms with Crippen molar-refractivity contribution in [3.8, 4) is 0 Å². The van der Waals surface area contributed by atoms with E-state index in [4.69, 9.17) is 5.11 Å². The van der Waals surface area contributed by atoms with Crippen LogP contribution in [0.25, 0.3) is 11.7 Å². The normalized spacial score (nSPS) is 17.5. The fraction of sp³-hybridized carbons (Fsp3) is 0.174. The van der Waals surface area contributed by atoms with Gasteiger partial charge in [0.15, 0.2) is 5.78 Å². The SMILES string of the molecule is O=C(O)CCC(=O)N1C/C(=C(/F)c2ccccc2)C(=O)/C(=C(\F)c2ccccc2)C1. The van der Waals surface area contributed by atoms with Gasteiger partial charge in [0, 0.05) is 17.5 Å². The highest BCUT2D eigenvalue weighted by molar-refractivity contribution is 6.17. The third-order valence-electron chi connectivity index (χ3n) is 4.74. The van der Waals surface area contributed by atoms with Crippen molar-refractivity contribution in [3.05, 3.63) is 82.9 Å². The Bertz CT molecular complexity index is 962. The predicted octanol–water partition coefficient (Wildman–Crippen LogP) is 4.02. The Morgan fingerprint density at radius 2 is 1.23 bits per heavy atom. The van der Waals surface area contributed by atoms with Crippen LogP contribution in [0.1, 0.15) is 24.0 Å². The Morgan fingerprint density at radius 3 is 1.63 bits per heavy atom. The molecule has 2 aromatic rings. The summed E-state index contributed by atoms with van der Waals surface area (Å²) in [6, 6.07) is 15.6. The van der Waals surface area contributed by atoms with Crippen molar-refractivity contribution in [1.29, 1.82) is 0 Å². The largest absolute Gasteiger partial charge is 0.481 e. The molecule has 30 heavy (non-hydrogen) atoms. The zero-order chi connectivity index (χ0) is 21.7. The maximum Gasteiger partial charge on any atom is 0.303 e. The zero-order valence-electron chi connectivity index (χ0n) is 16.0. The van der Waals surface area contributed by atoms with Crippen LogP contribution in [0, 0.1) is 0 Å². The van der Waals surface area contributed by atoms with Gasteiger partial charge in [0.1, 0.15) is 11.7 Å². The standard InChI is InChI=1S/C23H19F2NO4/c24-21(15-7-3-1-4-8-15)17-13-26(19(27)11-12-20(28)29)14-18(23(17)30)22(25)16-9-5-2-6-10-16/h1-10H,11-14H2,(H,28,29)/b21-17-,22-18-. The molecule has 154 valence electrons. The number of carbonyl (C=O) groups excluding carboxylic acids is 2.